The molecule has 0 saturated carbocycles. The van der Waals surface area contributed by atoms with Gasteiger partial charge in [-0.2, -0.15) is 0 Å². The van der Waals surface area contributed by atoms with Crippen LogP contribution in [0.1, 0.15) is 15.9 Å². The van der Waals surface area contributed by atoms with E-state index in [-0.39, 0.29) is 5.91 Å². The van der Waals surface area contributed by atoms with E-state index in [0.29, 0.717) is 28.6 Å². The highest BCUT2D eigenvalue weighted by atomic mass is 35.5. The van der Waals surface area contributed by atoms with E-state index in [0.717, 1.165) is 5.56 Å². The molecule has 0 unspecified atom stereocenters. The summed E-state index contributed by atoms with van der Waals surface area (Å²) < 4.78 is 10.3. The molecular weight excluding hydrogens is 292 g/mol. The van der Waals surface area contributed by atoms with Crippen molar-refractivity contribution < 1.29 is 14.3 Å². The van der Waals surface area contributed by atoms with Gasteiger partial charge in [0.1, 0.15) is 0 Å². The molecule has 2 aromatic rings. The van der Waals surface area contributed by atoms with Gasteiger partial charge < -0.3 is 14.8 Å². The number of pyridine rings is 1. The van der Waals surface area contributed by atoms with Crippen molar-refractivity contribution in [2.24, 2.45) is 0 Å². The molecule has 1 aromatic heterocycles. The van der Waals surface area contributed by atoms with Gasteiger partial charge in [-0.3, -0.25) is 9.78 Å². The molecule has 1 heterocycles. The minimum absolute atomic E-state index is 0.241. The van der Waals surface area contributed by atoms with Gasteiger partial charge in [0.2, 0.25) is 0 Å². The number of carbonyl (C=O) groups excluding carboxylic acids is 1. The third-order valence-electron chi connectivity index (χ3n) is 2.90. The number of nitrogens with one attached hydrogen (secondary N) is 1. The van der Waals surface area contributed by atoms with Gasteiger partial charge in [-0.1, -0.05) is 11.6 Å². The lowest BCUT2D eigenvalue weighted by Gasteiger charge is -2.12. The molecule has 21 heavy (non-hydrogen) atoms. The molecule has 1 amide bonds. The summed E-state index contributed by atoms with van der Waals surface area (Å²) in [6.45, 7) is 0.410. The van der Waals surface area contributed by atoms with Gasteiger partial charge >= 0.3 is 0 Å². The van der Waals surface area contributed by atoms with E-state index < -0.39 is 0 Å². The monoisotopic (exact) mass is 306 g/mol. The van der Waals surface area contributed by atoms with Crippen molar-refractivity contribution >= 4 is 17.5 Å². The van der Waals surface area contributed by atoms with Gasteiger partial charge in [0.15, 0.2) is 11.5 Å². The second-order valence-corrected chi connectivity index (χ2v) is 4.64. The minimum Gasteiger partial charge on any atom is -0.493 e. The molecule has 0 saturated heterocycles. The van der Waals surface area contributed by atoms with Gasteiger partial charge in [-0.05, 0) is 29.8 Å². The Balaban J connectivity index is 2.14. The maximum Gasteiger partial charge on any atom is 0.251 e. The Bertz CT molecular complexity index is 632. The number of hydrogen-bond acceptors (Lipinski definition) is 4. The van der Waals surface area contributed by atoms with Crippen LogP contribution in [0.2, 0.25) is 5.02 Å². The Hall–Kier alpha value is -2.27. The van der Waals surface area contributed by atoms with Crippen molar-refractivity contribution in [1.29, 1.82) is 0 Å². The van der Waals surface area contributed by atoms with Crippen molar-refractivity contribution in [2.75, 3.05) is 14.2 Å². The Kier molecular flexibility index (Phi) is 5.00. The van der Waals surface area contributed by atoms with Crippen LogP contribution in [0.25, 0.3) is 0 Å². The fourth-order valence-electron chi connectivity index (χ4n) is 1.83. The lowest BCUT2D eigenvalue weighted by Crippen LogP contribution is -2.22. The molecule has 1 aromatic carbocycles. The summed E-state index contributed by atoms with van der Waals surface area (Å²) >= 11 is 6.08. The normalized spacial score (nSPS) is 10.0. The molecule has 5 nitrogen and oxygen atoms in total. The van der Waals surface area contributed by atoms with Crippen LogP contribution in [-0.4, -0.2) is 25.1 Å². The quantitative estimate of drug-likeness (QED) is 0.922. The van der Waals surface area contributed by atoms with Crippen LogP contribution in [0, 0.1) is 0 Å². The second-order valence-electron chi connectivity index (χ2n) is 4.23. The highest BCUT2D eigenvalue weighted by molar-refractivity contribution is 6.32. The predicted molar refractivity (Wildman–Crippen MR) is 80.0 cm³/mol. The number of nitrogens with zero attached hydrogens (tertiary/aromatic N) is 1. The topological polar surface area (TPSA) is 60.5 Å². The van der Waals surface area contributed by atoms with Gasteiger partial charge in [0, 0.05) is 24.5 Å². The number of amides is 1. The molecule has 0 fully saturated rings. The predicted octanol–water partition coefficient (Wildman–Crippen LogP) is 2.68. The number of rotatable bonds is 5. The van der Waals surface area contributed by atoms with E-state index in [2.05, 4.69) is 10.3 Å². The van der Waals surface area contributed by atoms with E-state index in [4.69, 9.17) is 21.1 Å². The summed E-state index contributed by atoms with van der Waals surface area (Å²) in [6, 6.07) is 6.81. The Morgan fingerprint density at radius 1 is 1.24 bits per heavy atom. The fourth-order valence-corrected chi connectivity index (χ4v) is 2.12. The molecule has 1 N–H and O–H groups in total. The van der Waals surface area contributed by atoms with Crippen molar-refractivity contribution in [1.82, 2.24) is 10.3 Å². The van der Waals surface area contributed by atoms with E-state index in [9.17, 15) is 4.79 Å². The fraction of sp³-hybridized carbons (Fsp3) is 0.200. The molecular formula is C15H15ClN2O3. The SMILES string of the molecule is COc1cc(C(=O)NCc2ccncc2)cc(Cl)c1OC. The standard InChI is InChI=1S/C15H15ClN2O3/c1-20-13-8-11(7-12(16)14(13)21-2)15(19)18-9-10-3-5-17-6-4-10/h3-8H,9H2,1-2H3,(H,18,19). The van der Waals surface area contributed by atoms with Crippen molar-refractivity contribution in [2.45, 2.75) is 6.54 Å². The maximum absolute atomic E-state index is 12.2. The van der Waals surface area contributed by atoms with Gasteiger partial charge in [-0.25, -0.2) is 0 Å². The highest BCUT2D eigenvalue weighted by Gasteiger charge is 2.15. The number of halogens is 1. The minimum atomic E-state index is -0.241. The smallest absolute Gasteiger partial charge is 0.251 e. The lowest BCUT2D eigenvalue weighted by atomic mass is 10.1. The van der Waals surface area contributed by atoms with Gasteiger partial charge in [0.25, 0.3) is 5.91 Å². The number of hydrogen-bond donors (Lipinski definition) is 1. The third kappa shape index (κ3) is 3.64. The molecule has 0 spiro atoms. The van der Waals surface area contributed by atoms with Crippen molar-refractivity contribution in [3.63, 3.8) is 0 Å². The first kappa shape index (κ1) is 15.1. The zero-order chi connectivity index (χ0) is 15.2. The van der Waals surface area contributed by atoms with Crippen molar-refractivity contribution in [3.05, 3.63) is 52.8 Å². The number of benzene rings is 1. The average Bonchev–Trinajstić information content (AvgIpc) is 2.52. The summed E-state index contributed by atoms with van der Waals surface area (Å²) in [6.07, 6.45) is 3.35. The Morgan fingerprint density at radius 2 is 1.95 bits per heavy atom. The number of carbonyl (C=O) groups is 1. The van der Waals surface area contributed by atoms with E-state index >= 15 is 0 Å². The van der Waals surface area contributed by atoms with E-state index in [1.807, 2.05) is 12.1 Å². The van der Waals surface area contributed by atoms with Crippen LogP contribution in [0.3, 0.4) is 0 Å². The van der Waals surface area contributed by atoms with Crippen LogP contribution < -0.4 is 14.8 Å². The Morgan fingerprint density at radius 3 is 2.57 bits per heavy atom. The highest BCUT2D eigenvalue weighted by Crippen LogP contribution is 2.35. The Labute approximate surface area is 127 Å². The first-order valence-electron chi connectivity index (χ1n) is 6.24. The molecule has 2 rings (SSSR count). The molecule has 0 radical (unpaired) electrons. The van der Waals surface area contributed by atoms with E-state index in [1.165, 1.54) is 14.2 Å². The first-order valence-corrected chi connectivity index (χ1v) is 6.62. The molecule has 0 aliphatic rings. The zero-order valence-corrected chi connectivity index (χ0v) is 12.5. The van der Waals surface area contributed by atoms with E-state index in [1.54, 1.807) is 24.5 Å². The first-order chi connectivity index (χ1) is 10.2. The average molecular weight is 307 g/mol. The second kappa shape index (κ2) is 6.95. The van der Waals surface area contributed by atoms with Crippen LogP contribution in [-0.2, 0) is 6.54 Å². The van der Waals surface area contributed by atoms with Crippen LogP contribution in [0.4, 0.5) is 0 Å². The molecule has 0 aliphatic carbocycles. The van der Waals surface area contributed by atoms with Crippen LogP contribution >= 0.6 is 11.6 Å². The summed E-state index contributed by atoms with van der Waals surface area (Å²) in [5.41, 5.74) is 1.37. The molecule has 0 bridgehead atoms. The largest absolute Gasteiger partial charge is 0.493 e. The van der Waals surface area contributed by atoms with Gasteiger partial charge in [-0.15, -0.1) is 0 Å². The maximum atomic E-state index is 12.2. The lowest BCUT2D eigenvalue weighted by molar-refractivity contribution is 0.0950. The number of ether oxygens (including phenoxy) is 2. The summed E-state index contributed by atoms with van der Waals surface area (Å²) in [5.74, 6) is 0.582. The van der Waals surface area contributed by atoms with Crippen molar-refractivity contribution in [3.8, 4) is 11.5 Å². The third-order valence-corrected chi connectivity index (χ3v) is 3.18. The molecule has 110 valence electrons. The van der Waals surface area contributed by atoms with Crippen LogP contribution in [0.5, 0.6) is 11.5 Å². The summed E-state index contributed by atoms with van der Waals surface area (Å²) in [7, 11) is 2.99. The summed E-state index contributed by atoms with van der Waals surface area (Å²) in [5, 5.41) is 3.13. The van der Waals surface area contributed by atoms with Crippen LogP contribution in [0.15, 0.2) is 36.7 Å². The number of methoxy groups -OCH3 is 2. The molecule has 0 atom stereocenters. The molecule has 0 aliphatic heterocycles. The zero-order valence-electron chi connectivity index (χ0n) is 11.7. The number of aromatic nitrogens is 1. The van der Waals surface area contributed by atoms with Gasteiger partial charge in [0.05, 0.1) is 19.2 Å². The molecule has 6 heteroatoms. The summed E-state index contributed by atoms with van der Waals surface area (Å²) in [4.78, 5) is 16.1.